The van der Waals surface area contributed by atoms with Crippen molar-refractivity contribution in [1.82, 2.24) is 9.55 Å². The molecule has 84 valence electrons. The first-order chi connectivity index (χ1) is 7.66. The number of aryl methyl sites for hydroxylation is 1. The van der Waals surface area contributed by atoms with E-state index in [-0.39, 0.29) is 6.04 Å². The lowest BCUT2D eigenvalue weighted by atomic mass is 10.1. The van der Waals surface area contributed by atoms with Crippen molar-refractivity contribution in [3.8, 4) is 0 Å². The summed E-state index contributed by atoms with van der Waals surface area (Å²) in [6, 6.07) is 8.55. The van der Waals surface area contributed by atoms with Crippen LogP contribution in [0.5, 0.6) is 0 Å². The Kier molecular flexibility index (Phi) is 3.06. The maximum atomic E-state index is 5.88. The summed E-state index contributed by atoms with van der Waals surface area (Å²) in [5.41, 5.74) is 9.49. The molecule has 16 heavy (non-hydrogen) atoms. The van der Waals surface area contributed by atoms with Crippen LogP contribution in [-0.4, -0.2) is 9.55 Å². The van der Waals surface area contributed by atoms with E-state index in [2.05, 4.69) is 40.7 Å². The second-order valence-corrected chi connectivity index (χ2v) is 4.22. The van der Waals surface area contributed by atoms with E-state index >= 15 is 0 Å². The van der Waals surface area contributed by atoms with Gasteiger partial charge in [-0.15, -0.1) is 0 Å². The Bertz CT molecular complexity index is 454. The van der Waals surface area contributed by atoms with Crippen molar-refractivity contribution in [2.24, 2.45) is 5.73 Å². The van der Waals surface area contributed by atoms with Gasteiger partial charge in [0.1, 0.15) is 0 Å². The zero-order valence-electron chi connectivity index (χ0n) is 9.72. The third kappa shape index (κ3) is 2.31. The van der Waals surface area contributed by atoms with E-state index in [1.807, 2.05) is 19.4 Å². The summed E-state index contributed by atoms with van der Waals surface area (Å²) in [5.74, 6) is 0. The van der Waals surface area contributed by atoms with Crippen LogP contribution in [0.1, 0.15) is 29.8 Å². The topological polar surface area (TPSA) is 43.8 Å². The van der Waals surface area contributed by atoms with Crippen molar-refractivity contribution >= 4 is 0 Å². The second kappa shape index (κ2) is 4.49. The fourth-order valence-corrected chi connectivity index (χ4v) is 1.73. The number of nitrogens with two attached hydrogens (primary N) is 1. The molecular formula is C13H17N3. The van der Waals surface area contributed by atoms with E-state index in [1.165, 1.54) is 11.1 Å². The van der Waals surface area contributed by atoms with Crippen LogP contribution in [0, 0.1) is 6.92 Å². The highest BCUT2D eigenvalue weighted by Crippen LogP contribution is 2.12. The van der Waals surface area contributed by atoms with Crippen molar-refractivity contribution in [3.63, 3.8) is 0 Å². The van der Waals surface area contributed by atoms with E-state index in [0.717, 1.165) is 12.2 Å². The lowest BCUT2D eigenvalue weighted by Crippen LogP contribution is -2.12. The van der Waals surface area contributed by atoms with E-state index in [0.29, 0.717) is 0 Å². The first-order valence-corrected chi connectivity index (χ1v) is 5.48. The lowest BCUT2D eigenvalue weighted by molar-refractivity contribution is 0.674. The summed E-state index contributed by atoms with van der Waals surface area (Å²) in [5, 5.41) is 0. The molecule has 2 aromatic rings. The number of rotatable bonds is 3. The molecule has 2 rings (SSSR count). The Balaban J connectivity index is 2.20. The third-order valence-corrected chi connectivity index (χ3v) is 2.68. The molecule has 1 aromatic carbocycles. The Hall–Kier alpha value is -1.61. The van der Waals surface area contributed by atoms with Crippen molar-refractivity contribution in [3.05, 3.63) is 53.6 Å². The monoisotopic (exact) mass is 215 g/mol. The predicted octanol–water partition coefficient (Wildman–Crippen LogP) is 2.26. The summed E-state index contributed by atoms with van der Waals surface area (Å²) in [7, 11) is 0. The maximum absolute atomic E-state index is 5.88. The fraction of sp³-hybridized carbons (Fsp3) is 0.308. The summed E-state index contributed by atoms with van der Waals surface area (Å²) in [4.78, 5) is 4.14. The highest BCUT2D eigenvalue weighted by atomic mass is 15.1. The molecule has 0 amide bonds. The summed E-state index contributed by atoms with van der Waals surface area (Å²) >= 11 is 0. The van der Waals surface area contributed by atoms with E-state index in [1.54, 1.807) is 0 Å². The molecule has 3 heteroatoms. The summed E-state index contributed by atoms with van der Waals surface area (Å²) in [6.07, 6.45) is 3.66. The van der Waals surface area contributed by atoms with Gasteiger partial charge in [-0.25, -0.2) is 4.98 Å². The van der Waals surface area contributed by atoms with E-state index in [9.17, 15) is 0 Å². The lowest BCUT2D eigenvalue weighted by Gasteiger charge is -2.10. The molecule has 0 saturated carbocycles. The van der Waals surface area contributed by atoms with Crippen LogP contribution in [0.3, 0.4) is 0 Å². The van der Waals surface area contributed by atoms with Crippen LogP contribution < -0.4 is 5.73 Å². The number of benzene rings is 1. The Morgan fingerprint density at radius 3 is 2.62 bits per heavy atom. The second-order valence-electron chi connectivity index (χ2n) is 4.22. The molecule has 0 aliphatic heterocycles. The van der Waals surface area contributed by atoms with Crippen LogP contribution in [0.25, 0.3) is 0 Å². The van der Waals surface area contributed by atoms with Gasteiger partial charge in [0, 0.05) is 18.8 Å². The maximum Gasteiger partial charge on any atom is 0.0951 e. The van der Waals surface area contributed by atoms with Crippen molar-refractivity contribution in [2.45, 2.75) is 26.4 Å². The van der Waals surface area contributed by atoms with Crippen molar-refractivity contribution in [1.29, 1.82) is 0 Å². The van der Waals surface area contributed by atoms with Gasteiger partial charge in [0.25, 0.3) is 0 Å². The molecule has 0 bridgehead atoms. The largest absolute Gasteiger partial charge is 0.329 e. The first kappa shape index (κ1) is 10.9. The smallest absolute Gasteiger partial charge is 0.0951 e. The first-order valence-electron chi connectivity index (χ1n) is 5.48. The van der Waals surface area contributed by atoms with Crippen LogP contribution in [0.15, 0.2) is 36.8 Å². The Labute approximate surface area is 95.9 Å². The zero-order chi connectivity index (χ0) is 11.5. The summed E-state index contributed by atoms with van der Waals surface area (Å²) in [6.45, 7) is 4.90. The molecular weight excluding hydrogens is 198 g/mol. The molecule has 0 spiro atoms. The van der Waals surface area contributed by atoms with Gasteiger partial charge in [0.2, 0.25) is 0 Å². The molecule has 0 aliphatic rings. The molecule has 2 N–H and O–H groups in total. The van der Waals surface area contributed by atoms with Crippen LogP contribution in [0.2, 0.25) is 0 Å². The third-order valence-electron chi connectivity index (χ3n) is 2.68. The normalized spacial score (nSPS) is 12.7. The standard InChI is InChI=1S/C13H17N3/c1-10-3-5-12(6-4-10)8-16-9-15-7-13(16)11(2)14/h3-7,9,11H,8,14H2,1-2H3. The Morgan fingerprint density at radius 1 is 1.31 bits per heavy atom. The molecule has 0 radical (unpaired) electrons. The number of hydrogen-bond donors (Lipinski definition) is 1. The Morgan fingerprint density at radius 2 is 2.00 bits per heavy atom. The van der Waals surface area contributed by atoms with Crippen molar-refractivity contribution in [2.75, 3.05) is 0 Å². The number of imidazole rings is 1. The van der Waals surface area contributed by atoms with Crippen LogP contribution >= 0.6 is 0 Å². The SMILES string of the molecule is Cc1ccc(Cn2cncc2C(C)N)cc1. The van der Waals surface area contributed by atoms with Gasteiger partial charge < -0.3 is 10.3 Å². The fourth-order valence-electron chi connectivity index (χ4n) is 1.73. The minimum atomic E-state index is 0.0212. The minimum Gasteiger partial charge on any atom is -0.329 e. The minimum absolute atomic E-state index is 0.0212. The van der Waals surface area contributed by atoms with Gasteiger partial charge in [0.15, 0.2) is 0 Å². The average molecular weight is 215 g/mol. The van der Waals surface area contributed by atoms with E-state index < -0.39 is 0 Å². The van der Waals surface area contributed by atoms with Gasteiger partial charge in [-0.3, -0.25) is 0 Å². The molecule has 1 aromatic heterocycles. The van der Waals surface area contributed by atoms with Crippen LogP contribution in [0.4, 0.5) is 0 Å². The highest BCUT2D eigenvalue weighted by molar-refractivity contribution is 5.22. The molecule has 0 aliphatic carbocycles. The van der Waals surface area contributed by atoms with Gasteiger partial charge in [-0.1, -0.05) is 29.8 Å². The predicted molar refractivity (Wildman–Crippen MR) is 65.1 cm³/mol. The quantitative estimate of drug-likeness (QED) is 0.853. The molecule has 1 heterocycles. The summed E-state index contributed by atoms with van der Waals surface area (Å²) < 4.78 is 2.09. The number of hydrogen-bond acceptors (Lipinski definition) is 2. The van der Waals surface area contributed by atoms with Gasteiger partial charge in [-0.05, 0) is 19.4 Å². The molecule has 1 unspecified atom stereocenters. The van der Waals surface area contributed by atoms with Crippen molar-refractivity contribution < 1.29 is 0 Å². The molecule has 0 saturated heterocycles. The zero-order valence-corrected chi connectivity index (χ0v) is 9.72. The number of aromatic nitrogens is 2. The highest BCUT2D eigenvalue weighted by Gasteiger charge is 2.06. The molecule has 3 nitrogen and oxygen atoms in total. The molecule has 0 fully saturated rings. The van der Waals surface area contributed by atoms with Gasteiger partial charge >= 0.3 is 0 Å². The van der Waals surface area contributed by atoms with E-state index in [4.69, 9.17) is 5.73 Å². The number of nitrogens with zero attached hydrogens (tertiary/aromatic N) is 2. The van der Waals surface area contributed by atoms with Gasteiger partial charge in [0.05, 0.1) is 12.0 Å². The average Bonchev–Trinajstić information content (AvgIpc) is 2.69. The van der Waals surface area contributed by atoms with Crippen LogP contribution in [-0.2, 0) is 6.54 Å². The molecule has 1 atom stereocenters. The van der Waals surface area contributed by atoms with Gasteiger partial charge in [-0.2, -0.15) is 0 Å².